The molecule has 1 unspecified atom stereocenters. The number of aromatic amines is 1. The maximum atomic E-state index is 13.1. The highest BCUT2D eigenvalue weighted by Gasteiger charge is 2.26. The Kier molecular flexibility index (Phi) is 4.98. The van der Waals surface area contributed by atoms with E-state index in [0.29, 0.717) is 36.0 Å². The molecule has 0 bridgehead atoms. The summed E-state index contributed by atoms with van der Waals surface area (Å²) in [7, 11) is 0. The number of benzene rings is 1. The van der Waals surface area contributed by atoms with Crippen LogP contribution in [0, 0.1) is 0 Å². The van der Waals surface area contributed by atoms with Gasteiger partial charge in [-0.05, 0) is 31.0 Å². The minimum absolute atomic E-state index is 0.0151. The fourth-order valence-corrected chi connectivity index (χ4v) is 3.50. The van der Waals surface area contributed by atoms with E-state index in [2.05, 4.69) is 9.97 Å². The van der Waals surface area contributed by atoms with E-state index in [9.17, 15) is 9.59 Å². The summed E-state index contributed by atoms with van der Waals surface area (Å²) in [5, 5.41) is 1.21. The third-order valence-electron chi connectivity index (χ3n) is 4.90. The Morgan fingerprint density at radius 2 is 2.00 bits per heavy atom. The minimum Gasteiger partial charge on any atom is -0.370 e. The van der Waals surface area contributed by atoms with Crippen LogP contribution >= 0.6 is 0 Å². The topological polar surface area (TPSA) is 75.3 Å². The van der Waals surface area contributed by atoms with Gasteiger partial charge in [-0.2, -0.15) is 0 Å². The second kappa shape index (κ2) is 7.72. The molecule has 3 aromatic rings. The van der Waals surface area contributed by atoms with Crippen LogP contribution in [0.15, 0.2) is 59.7 Å². The maximum absolute atomic E-state index is 13.1. The van der Waals surface area contributed by atoms with Crippen molar-refractivity contribution >= 4 is 16.7 Å². The summed E-state index contributed by atoms with van der Waals surface area (Å²) in [6.45, 7) is 1.67. The van der Waals surface area contributed by atoms with Gasteiger partial charge in [0.05, 0.1) is 24.0 Å². The first kappa shape index (κ1) is 17.4. The fraction of sp³-hybridized carbons (Fsp3) is 0.286. The number of rotatable bonds is 4. The summed E-state index contributed by atoms with van der Waals surface area (Å²) >= 11 is 0. The molecule has 1 fully saturated rings. The van der Waals surface area contributed by atoms with Gasteiger partial charge in [-0.1, -0.05) is 24.3 Å². The molecule has 1 aliphatic heterocycles. The smallest absolute Gasteiger partial charge is 0.256 e. The first-order chi connectivity index (χ1) is 13.2. The first-order valence-electron chi connectivity index (χ1n) is 9.13. The van der Waals surface area contributed by atoms with Crippen molar-refractivity contribution < 1.29 is 9.53 Å². The predicted octanol–water partition coefficient (Wildman–Crippen LogP) is 2.74. The number of piperidine rings is 1. The molecule has 1 aromatic carbocycles. The fourth-order valence-electron chi connectivity index (χ4n) is 3.50. The van der Waals surface area contributed by atoms with Crippen molar-refractivity contribution in [3.05, 3.63) is 76.5 Å². The number of nitrogens with one attached hydrogen (secondary N) is 1. The number of amides is 1. The largest absolute Gasteiger partial charge is 0.370 e. The van der Waals surface area contributed by atoms with Gasteiger partial charge in [0.1, 0.15) is 0 Å². The van der Waals surface area contributed by atoms with Crippen molar-refractivity contribution in [1.29, 1.82) is 0 Å². The number of carbonyl (C=O) groups excluding carboxylic acids is 1. The molecule has 2 aromatic heterocycles. The van der Waals surface area contributed by atoms with Gasteiger partial charge in [0.2, 0.25) is 0 Å². The normalized spacial score (nSPS) is 17.2. The first-order valence-corrected chi connectivity index (χ1v) is 9.13. The monoisotopic (exact) mass is 363 g/mol. The molecule has 0 aliphatic carbocycles. The molecule has 1 amide bonds. The summed E-state index contributed by atoms with van der Waals surface area (Å²) < 4.78 is 5.98. The third kappa shape index (κ3) is 3.75. The zero-order valence-electron chi connectivity index (χ0n) is 14.9. The second-order valence-electron chi connectivity index (χ2n) is 6.72. The molecule has 1 aliphatic rings. The molecule has 1 saturated heterocycles. The average molecular weight is 363 g/mol. The van der Waals surface area contributed by atoms with Crippen molar-refractivity contribution in [2.24, 2.45) is 0 Å². The summed E-state index contributed by atoms with van der Waals surface area (Å²) in [4.78, 5) is 33.8. The van der Waals surface area contributed by atoms with Gasteiger partial charge >= 0.3 is 0 Å². The Labute approximate surface area is 156 Å². The standard InChI is InChI=1S/C21H21N3O3/c25-20-18-9-2-1-8-17(18)19(12-23-20)21(26)24-11-5-7-16(13-24)27-14-15-6-3-4-10-22-15/h1-4,6,8-10,12,16H,5,7,11,13-14H2,(H,23,25). The van der Waals surface area contributed by atoms with Crippen LogP contribution in [0.4, 0.5) is 0 Å². The molecule has 3 heterocycles. The lowest BCUT2D eigenvalue weighted by Gasteiger charge is -2.32. The molecular weight excluding hydrogens is 342 g/mol. The summed E-state index contributed by atoms with van der Waals surface area (Å²) in [6.07, 6.45) is 5.06. The van der Waals surface area contributed by atoms with Crippen LogP contribution in [0.2, 0.25) is 0 Å². The number of likely N-dealkylation sites (tertiary alicyclic amines) is 1. The molecule has 1 N–H and O–H groups in total. The third-order valence-corrected chi connectivity index (χ3v) is 4.90. The predicted molar refractivity (Wildman–Crippen MR) is 103 cm³/mol. The van der Waals surface area contributed by atoms with Crippen molar-refractivity contribution in [2.75, 3.05) is 13.1 Å². The van der Waals surface area contributed by atoms with E-state index in [-0.39, 0.29) is 17.6 Å². The van der Waals surface area contributed by atoms with Crippen LogP contribution in [0.25, 0.3) is 10.8 Å². The molecule has 0 saturated carbocycles. The molecule has 0 radical (unpaired) electrons. The van der Waals surface area contributed by atoms with Crippen LogP contribution in [0.3, 0.4) is 0 Å². The van der Waals surface area contributed by atoms with Crippen molar-refractivity contribution in [3.8, 4) is 0 Å². The maximum Gasteiger partial charge on any atom is 0.256 e. The van der Waals surface area contributed by atoms with E-state index in [1.165, 1.54) is 6.20 Å². The van der Waals surface area contributed by atoms with Crippen molar-refractivity contribution in [1.82, 2.24) is 14.9 Å². The Bertz CT molecular complexity index is 1000. The number of hydrogen-bond acceptors (Lipinski definition) is 4. The Balaban J connectivity index is 1.49. The van der Waals surface area contributed by atoms with Gasteiger partial charge in [0, 0.05) is 36.3 Å². The van der Waals surface area contributed by atoms with E-state index in [0.717, 1.165) is 18.5 Å². The molecule has 6 nitrogen and oxygen atoms in total. The van der Waals surface area contributed by atoms with E-state index < -0.39 is 0 Å². The lowest BCUT2D eigenvalue weighted by molar-refractivity contribution is -0.00781. The molecule has 6 heteroatoms. The summed E-state index contributed by atoms with van der Waals surface area (Å²) in [5.74, 6) is -0.0754. The van der Waals surface area contributed by atoms with Gasteiger partial charge in [-0.15, -0.1) is 0 Å². The van der Waals surface area contributed by atoms with Crippen LogP contribution in [0.5, 0.6) is 0 Å². The van der Waals surface area contributed by atoms with Gasteiger partial charge in [-0.3, -0.25) is 14.6 Å². The number of carbonyl (C=O) groups is 1. The highest BCUT2D eigenvalue weighted by Crippen LogP contribution is 2.20. The van der Waals surface area contributed by atoms with E-state index in [4.69, 9.17) is 4.74 Å². The molecular formula is C21H21N3O3. The Morgan fingerprint density at radius 1 is 1.19 bits per heavy atom. The Hall–Kier alpha value is -2.99. The highest BCUT2D eigenvalue weighted by atomic mass is 16.5. The summed E-state index contributed by atoms with van der Waals surface area (Å²) in [6, 6.07) is 12.9. The molecule has 1 atom stereocenters. The van der Waals surface area contributed by atoms with Gasteiger partial charge < -0.3 is 14.6 Å². The molecule has 0 spiro atoms. The van der Waals surface area contributed by atoms with Crippen molar-refractivity contribution in [2.45, 2.75) is 25.6 Å². The van der Waals surface area contributed by atoms with E-state index in [1.807, 2.05) is 35.2 Å². The zero-order valence-corrected chi connectivity index (χ0v) is 14.9. The number of ether oxygens (including phenoxy) is 1. The van der Waals surface area contributed by atoms with E-state index >= 15 is 0 Å². The quantitative estimate of drug-likeness (QED) is 0.773. The lowest BCUT2D eigenvalue weighted by Crippen LogP contribution is -2.43. The number of pyridine rings is 2. The number of aromatic nitrogens is 2. The van der Waals surface area contributed by atoms with Crippen molar-refractivity contribution in [3.63, 3.8) is 0 Å². The molecule has 4 rings (SSSR count). The van der Waals surface area contributed by atoms with Crippen LogP contribution in [0.1, 0.15) is 28.9 Å². The lowest BCUT2D eigenvalue weighted by atomic mass is 10.0. The number of hydrogen-bond donors (Lipinski definition) is 1. The van der Waals surface area contributed by atoms with Crippen LogP contribution < -0.4 is 5.56 Å². The molecule has 27 heavy (non-hydrogen) atoms. The number of fused-ring (bicyclic) bond motifs is 1. The second-order valence-corrected chi connectivity index (χ2v) is 6.72. The van der Waals surface area contributed by atoms with Gasteiger partial charge in [-0.25, -0.2) is 0 Å². The molecule has 138 valence electrons. The van der Waals surface area contributed by atoms with Crippen LogP contribution in [-0.2, 0) is 11.3 Å². The minimum atomic E-state index is -0.183. The summed E-state index contributed by atoms with van der Waals surface area (Å²) in [5.41, 5.74) is 1.22. The Morgan fingerprint density at radius 3 is 2.81 bits per heavy atom. The van der Waals surface area contributed by atoms with E-state index in [1.54, 1.807) is 18.3 Å². The SMILES string of the molecule is O=C(c1c[nH]c(=O)c2ccccc12)N1CCCC(OCc2ccccn2)C1. The number of H-pyrrole nitrogens is 1. The average Bonchev–Trinajstić information content (AvgIpc) is 2.73. The number of nitrogens with zero attached hydrogens (tertiary/aromatic N) is 2. The highest BCUT2D eigenvalue weighted by molar-refractivity contribution is 6.06. The zero-order chi connectivity index (χ0) is 18.6. The van der Waals surface area contributed by atoms with Crippen LogP contribution in [-0.4, -0.2) is 40.0 Å². The van der Waals surface area contributed by atoms with Gasteiger partial charge in [0.25, 0.3) is 11.5 Å². The van der Waals surface area contributed by atoms with Gasteiger partial charge in [0.15, 0.2) is 0 Å².